The van der Waals surface area contributed by atoms with Gasteiger partial charge in [0.05, 0.1) is 30.5 Å². The molecule has 0 unspecified atom stereocenters. The summed E-state index contributed by atoms with van der Waals surface area (Å²) >= 11 is 0. The summed E-state index contributed by atoms with van der Waals surface area (Å²) in [6.45, 7) is 10.7. The van der Waals surface area contributed by atoms with E-state index in [1.807, 2.05) is 26.0 Å². The molecule has 2 fully saturated rings. The third kappa shape index (κ3) is 3.24. The second-order valence-electron chi connectivity index (χ2n) is 7.04. The molecule has 4 rings (SSSR count). The van der Waals surface area contributed by atoms with E-state index in [9.17, 15) is 0 Å². The number of nitrogens with zero attached hydrogens (tertiary/aromatic N) is 5. The summed E-state index contributed by atoms with van der Waals surface area (Å²) in [6, 6.07) is 4.66. The van der Waals surface area contributed by atoms with Crippen LogP contribution in [0.25, 0.3) is 0 Å². The van der Waals surface area contributed by atoms with Gasteiger partial charge in [-0.2, -0.15) is 0 Å². The number of aryl methyl sites for hydroxylation is 1. The van der Waals surface area contributed by atoms with Crippen LogP contribution < -0.4 is 9.64 Å². The number of pyridine rings is 1. The fourth-order valence-electron chi connectivity index (χ4n) is 3.79. The van der Waals surface area contributed by atoms with Gasteiger partial charge in [0.25, 0.3) is 0 Å². The van der Waals surface area contributed by atoms with E-state index in [1.165, 1.54) is 0 Å². The van der Waals surface area contributed by atoms with E-state index in [-0.39, 0.29) is 0 Å². The summed E-state index contributed by atoms with van der Waals surface area (Å²) in [6.07, 6.45) is 3.34. The van der Waals surface area contributed by atoms with Crippen molar-refractivity contribution in [1.82, 2.24) is 19.9 Å². The average molecular weight is 355 g/mol. The topological polar surface area (TPSA) is 63.6 Å². The van der Waals surface area contributed by atoms with Crippen LogP contribution in [0.3, 0.4) is 0 Å². The molecule has 0 aliphatic carbocycles. The first-order chi connectivity index (χ1) is 12.6. The van der Waals surface area contributed by atoms with E-state index in [0.29, 0.717) is 18.0 Å². The van der Waals surface area contributed by atoms with Crippen molar-refractivity contribution < 1.29 is 9.47 Å². The van der Waals surface area contributed by atoms with Crippen molar-refractivity contribution in [3.63, 3.8) is 0 Å². The van der Waals surface area contributed by atoms with Gasteiger partial charge in [-0.25, -0.2) is 9.97 Å². The highest BCUT2D eigenvalue weighted by Gasteiger charge is 2.34. The number of rotatable bonds is 3. The minimum atomic E-state index is 0.409. The van der Waals surface area contributed by atoms with E-state index >= 15 is 0 Å². The number of aromatic nitrogens is 3. The van der Waals surface area contributed by atoms with Crippen molar-refractivity contribution in [2.24, 2.45) is 0 Å². The van der Waals surface area contributed by atoms with Crippen LogP contribution in [0.2, 0.25) is 0 Å². The maximum absolute atomic E-state index is 6.02. The van der Waals surface area contributed by atoms with Crippen LogP contribution in [0.15, 0.2) is 24.7 Å². The number of morpholine rings is 1. The van der Waals surface area contributed by atoms with Gasteiger partial charge < -0.3 is 14.4 Å². The van der Waals surface area contributed by atoms with E-state index in [4.69, 9.17) is 9.47 Å². The second kappa shape index (κ2) is 7.17. The Morgan fingerprint density at radius 1 is 1.15 bits per heavy atom. The lowest BCUT2D eigenvalue weighted by Crippen LogP contribution is -2.61. The zero-order valence-corrected chi connectivity index (χ0v) is 15.6. The van der Waals surface area contributed by atoms with Crippen LogP contribution in [0.5, 0.6) is 11.6 Å². The number of fused-ring (bicyclic) bond motifs is 1. The molecule has 0 spiro atoms. The summed E-state index contributed by atoms with van der Waals surface area (Å²) in [7, 11) is 0. The third-order valence-electron chi connectivity index (χ3n) is 5.24. The van der Waals surface area contributed by atoms with E-state index in [1.54, 1.807) is 12.5 Å². The third-order valence-corrected chi connectivity index (χ3v) is 5.24. The van der Waals surface area contributed by atoms with Crippen LogP contribution in [0, 0.1) is 13.8 Å². The standard InChI is InChI=1S/C19H25N5O2/c1-13-10-25-11-16-9-23(7-8-24(13)16)18-14(2)19(22-12-21-18)26-17-5-4-6-20-15(17)3/h4-6,12-13,16H,7-11H2,1-3H3/t13-,16+/m0/s1. The van der Waals surface area contributed by atoms with Gasteiger partial charge in [0.2, 0.25) is 5.88 Å². The van der Waals surface area contributed by atoms with Crippen LogP contribution in [-0.2, 0) is 4.74 Å². The Balaban J connectivity index is 1.55. The number of anilines is 1. The zero-order chi connectivity index (χ0) is 18.1. The Hall–Kier alpha value is -2.25. The monoisotopic (exact) mass is 355 g/mol. The predicted octanol–water partition coefficient (Wildman–Crippen LogP) is 2.19. The normalized spacial score (nSPS) is 23.6. The summed E-state index contributed by atoms with van der Waals surface area (Å²) in [5, 5.41) is 0. The molecule has 2 saturated heterocycles. The SMILES string of the molecule is Cc1ncccc1Oc1ncnc(N2CCN3[C@@H](COC[C@@H]3C)C2)c1C. The van der Waals surface area contributed by atoms with Crippen LogP contribution in [-0.4, -0.2) is 64.8 Å². The molecule has 2 aromatic heterocycles. The quantitative estimate of drug-likeness (QED) is 0.836. The molecule has 0 bridgehead atoms. The molecule has 2 aliphatic heterocycles. The van der Waals surface area contributed by atoms with Gasteiger partial charge in [0, 0.05) is 31.9 Å². The molecule has 0 saturated carbocycles. The minimum Gasteiger partial charge on any atom is -0.437 e. The van der Waals surface area contributed by atoms with Gasteiger partial charge in [0.1, 0.15) is 12.1 Å². The fraction of sp³-hybridized carbons (Fsp3) is 0.526. The smallest absolute Gasteiger partial charge is 0.227 e. The summed E-state index contributed by atoms with van der Waals surface area (Å²) < 4.78 is 11.8. The summed E-state index contributed by atoms with van der Waals surface area (Å²) in [5.74, 6) is 2.25. The first-order valence-corrected chi connectivity index (χ1v) is 9.13. The maximum Gasteiger partial charge on any atom is 0.227 e. The molecule has 2 aliphatic rings. The van der Waals surface area contributed by atoms with Crippen molar-refractivity contribution in [1.29, 1.82) is 0 Å². The van der Waals surface area contributed by atoms with Gasteiger partial charge in [-0.1, -0.05) is 0 Å². The predicted molar refractivity (Wildman–Crippen MR) is 98.8 cm³/mol. The Bertz CT molecular complexity index is 784. The zero-order valence-electron chi connectivity index (χ0n) is 15.6. The van der Waals surface area contributed by atoms with Gasteiger partial charge in [0.15, 0.2) is 5.75 Å². The lowest BCUT2D eigenvalue weighted by atomic mass is 10.1. The van der Waals surface area contributed by atoms with Crippen molar-refractivity contribution in [2.45, 2.75) is 32.9 Å². The lowest BCUT2D eigenvalue weighted by Gasteiger charge is -2.47. The lowest BCUT2D eigenvalue weighted by molar-refractivity contribution is -0.0469. The summed E-state index contributed by atoms with van der Waals surface area (Å²) in [4.78, 5) is 18.0. The first kappa shape index (κ1) is 17.2. The highest BCUT2D eigenvalue weighted by molar-refractivity contribution is 5.51. The highest BCUT2D eigenvalue weighted by atomic mass is 16.5. The van der Waals surface area contributed by atoms with Crippen molar-refractivity contribution >= 4 is 5.82 Å². The maximum atomic E-state index is 6.02. The molecule has 26 heavy (non-hydrogen) atoms. The molecular weight excluding hydrogens is 330 g/mol. The van der Waals surface area contributed by atoms with Gasteiger partial charge >= 0.3 is 0 Å². The second-order valence-corrected chi connectivity index (χ2v) is 7.04. The van der Waals surface area contributed by atoms with Crippen molar-refractivity contribution in [3.8, 4) is 11.6 Å². The number of ether oxygens (including phenoxy) is 2. The number of hydrogen-bond donors (Lipinski definition) is 0. The largest absolute Gasteiger partial charge is 0.437 e. The van der Waals surface area contributed by atoms with E-state index in [0.717, 1.165) is 55.7 Å². The molecule has 0 N–H and O–H groups in total. The molecular formula is C19H25N5O2. The molecule has 2 atom stereocenters. The molecule has 4 heterocycles. The minimum absolute atomic E-state index is 0.409. The van der Waals surface area contributed by atoms with Gasteiger partial charge in [-0.15, -0.1) is 0 Å². The van der Waals surface area contributed by atoms with Crippen LogP contribution in [0.4, 0.5) is 5.82 Å². The van der Waals surface area contributed by atoms with Crippen LogP contribution >= 0.6 is 0 Å². The Kier molecular flexibility index (Phi) is 4.74. The van der Waals surface area contributed by atoms with E-state index < -0.39 is 0 Å². The Morgan fingerprint density at radius 3 is 2.88 bits per heavy atom. The molecule has 2 aromatic rings. The number of hydrogen-bond acceptors (Lipinski definition) is 7. The Labute approximate surface area is 154 Å². The molecule has 7 nitrogen and oxygen atoms in total. The van der Waals surface area contributed by atoms with Crippen molar-refractivity contribution in [3.05, 3.63) is 35.9 Å². The molecule has 0 radical (unpaired) electrons. The average Bonchev–Trinajstić information content (AvgIpc) is 2.65. The van der Waals surface area contributed by atoms with Crippen molar-refractivity contribution in [2.75, 3.05) is 37.7 Å². The molecule has 0 aromatic carbocycles. The molecule has 7 heteroatoms. The van der Waals surface area contributed by atoms with Gasteiger partial charge in [-0.05, 0) is 32.9 Å². The molecule has 138 valence electrons. The summed E-state index contributed by atoms with van der Waals surface area (Å²) in [5.41, 5.74) is 1.79. The fourth-order valence-corrected chi connectivity index (χ4v) is 3.79. The highest BCUT2D eigenvalue weighted by Crippen LogP contribution is 2.30. The first-order valence-electron chi connectivity index (χ1n) is 9.13. The van der Waals surface area contributed by atoms with E-state index in [2.05, 4.69) is 31.7 Å². The van der Waals surface area contributed by atoms with Gasteiger partial charge in [-0.3, -0.25) is 9.88 Å². The Morgan fingerprint density at radius 2 is 2.04 bits per heavy atom. The van der Waals surface area contributed by atoms with Crippen LogP contribution in [0.1, 0.15) is 18.2 Å². The molecule has 0 amide bonds. The number of piperazine rings is 1.